The van der Waals surface area contributed by atoms with Gasteiger partial charge in [-0.05, 0) is 30.5 Å². The van der Waals surface area contributed by atoms with Gasteiger partial charge in [-0.25, -0.2) is 0 Å². The Bertz CT molecular complexity index is 560. The standard InChI is InChI=1S/C19H30N2O3/c1-13(2)14-6-7-18(23-4)15(8-14)10-20-17-12-21(3)11-16(17)9-19(22)24-5/h6-8,13,16-17,20H,9-12H2,1-5H3. The molecular weight excluding hydrogens is 304 g/mol. The third-order valence-electron chi connectivity index (χ3n) is 4.81. The highest BCUT2D eigenvalue weighted by Gasteiger charge is 2.32. The number of nitrogens with one attached hydrogen (secondary N) is 1. The normalized spacial score (nSPS) is 21.2. The minimum Gasteiger partial charge on any atom is -0.496 e. The van der Waals surface area contributed by atoms with Crippen LogP contribution in [-0.4, -0.2) is 51.3 Å². The van der Waals surface area contributed by atoms with E-state index in [2.05, 4.69) is 43.2 Å². The fourth-order valence-corrected chi connectivity index (χ4v) is 3.36. The molecule has 1 aliphatic heterocycles. The Kier molecular flexibility index (Phi) is 6.63. The molecule has 134 valence electrons. The van der Waals surface area contributed by atoms with Crippen molar-refractivity contribution in [3.8, 4) is 5.75 Å². The Hall–Kier alpha value is -1.59. The molecule has 5 heteroatoms. The van der Waals surface area contributed by atoms with Crippen molar-refractivity contribution in [2.75, 3.05) is 34.4 Å². The molecule has 0 spiro atoms. The van der Waals surface area contributed by atoms with Crippen LogP contribution in [0.15, 0.2) is 18.2 Å². The van der Waals surface area contributed by atoms with Gasteiger partial charge >= 0.3 is 5.97 Å². The average molecular weight is 334 g/mol. The second-order valence-corrected chi connectivity index (χ2v) is 6.97. The molecule has 0 radical (unpaired) electrons. The summed E-state index contributed by atoms with van der Waals surface area (Å²) < 4.78 is 10.3. The maximum atomic E-state index is 11.6. The molecule has 2 atom stereocenters. The van der Waals surface area contributed by atoms with Crippen molar-refractivity contribution in [1.82, 2.24) is 10.2 Å². The number of benzene rings is 1. The van der Waals surface area contributed by atoms with Crippen molar-refractivity contribution >= 4 is 5.97 Å². The molecule has 2 rings (SSSR count). The third-order valence-corrected chi connectivity index (χ3v) is 4.81. The number of hydrogen-bond acceptors (Lipinski definition) is 5. The van der Waals surface area contributed by atoms with E-state index in [0.29, 0.717) is 12.3 Å². The molecule has 0 aromatic heterocycles. The maximum Gasteiger partial charge on any atom is 0.305 e. The molecule has 0 aliphatic carbocycles. The minimum absolute atomic E-state index is 0.138. The number of carbonyl (C=O) groups is 1. The zero-order chi connectivity index (χ0) is 17.7. The number of carbonyl (C=O) groups excluding carboxylic acids is 1. The highest BCUT2D eigenvalue weighted by molar-refractivity contribution is 5.69. The van der Waals surface area contributed by atoms with Gasteiger partial charge in [0.1, 0.15) is 5.75 Å². The maximum absolute atomic E-state index is 11.6. The van der Waals surface area contributed by atoms with Gasteiger partial charge < -0.3 is 19.7 Å². The summed E-state index contributed by atoms with van der Waals surface area (Å²) in [5, 5.41) is 3.62. The lowest BCUT2D eigenvalue weighted by atomic mass is 9.98. The average Bonchev–Trinajstić information content (AvgIpc) is 2.91. The first kappa shape index (κ1) is 18.7. The van der Waals surface area contributed by atoms with Gasteiger partial charge in [-0.2, -0.15) is 0 Å². The Morgan fingerprint density at radius 1 is 1.33 bits per heavy atom. The molecule has 1 aromatic carbocycles. The number of esters is 1. The SMILES string of the molecule is COC(=O)CC1CN(C)CC1NCc1cc(C(C)C)ccc1OC. The zero-order valence-electron chi connectivity index (χ0n) is 15.5. The van der Waals surface area contributed by atoms with Gasteiger partial charge in [0.2, 0.25) is 0 Å². The fraction of sp³-hybridized carbons (Fsp3) is 0.632. The van der Waals surface area contributed by atoms with Crippen LogP contribution in [0.1, 0.15) is 37.3 Å². The first-order valence-corrected chi connectivity index (χ1v) is 8.60. The number of likely N-dealkylation sites (N-methyl/N-ethyl adjacent to an activating group) is 1. The molecule has 1 N–H and O–H groups in total. The largest absolute Gasteiger partial charge is 0.496 e. The lowest BCUT2D eigenvalue weighted by Crippen LogP contribution is -2.36. The monoisotopic (exact) mass is 334 g/mol. The lowest BCUT2D eigenvalue weighted by Gasteiger charge is -2.20. The molecule has 2 unspecified atom stereocenters. The summed E-state index contributed by atoms with van der Waals surface area (Å²) in [5.41, 5.74) is 2.47. The van der Waals surface area contributed by atoms with Crippen LogP contribution in [-0.2, 0) is 16.1 Å². The van der Waals surface area contributed by atoms with Crippen LogP contribution in [0.5, 0.6) is 5.75 Å². The lowest BCUT2D eigenvalue weighted by molar-refractivity contribution is -0.141. The predicted molar refractivity (Wildman–Crippen MR) is 95.3 cm³/mol. The van der Waals surface area contributed by atoms with E-state index in [1.54, 1.807) is 7.11 Å². The third kappa shape index (κ3) is 4.71. The minimum atomic E-state index is -0.138. The molecule has 24 heavy (non-hydrogen) atoms. The summed E-state index contributed by atoms with van der Waals surface area (Å²) >= 11 is 0. The van der Waals surface area contributed by atoms with Gasteiger partial charge in [-0.15, -0.1) is 0 Å². The smallest absolute Gasteiger partial charge is 0.305 e. The molecule has 1 fully saturated rings. The van der Waals surface area contributed by atoms with Crippen molar-refractivity contribution in [2.45, 2.75) is 38.8 Å². The molecule has 1 saturated heterocycles. The number of likely N-dealkylation sites (tertiary alicyclic amines) is 1. The van der Waals surface area contributed by atoms with E-state index >= 15 is 0 Å². The number of methoxy groups -OCH3 is 2. The van der Waals surface area contributed by atoms with Crippen molar-refractivity contribution in [1.29, 1.82) is 0 Å². The van der Waals surface area contributed by atoms with Crippen LogP contribution in [0, 0.1) is 5.92 Å². The van der Waals surface area contributed by atoms with Crippen LogP contribution in [0.3, 0.4) is 0 Å². The topological polar surface area (TPSA) is 50.8 Å². The molecule has 0 bridgehead atoms. The Morgan fingerprint density at radius 3 is 2.71 bits per heavy atom. The quantitative estimate of drug-likeness (QED) is 0.776. The number of rotatable bonds is 7. The van der Waals surface area contributed by atoms with Gasteiger partial charge in [0.15, 0.2) is 0 Å². The second kappa shape index (κ2) is 8.49. The van der Waals surface area contributed by atoms with Crippen LogP contribution in [0.2, 0.25) is 0 Å². The number of hydrogen-bond donors (Lipinski definition) is 1. The molecule has 1 aromatic rings. The summed E-state index contributed by atoms with van der Waals surface area (Å²) in [7, 11) is 5.24. The molecule has 0 saturated carbocycles. The summed E-state index contributed by atoms with van der Waals surface area (Å²) in [5.74, 6) is 1.53. The second-order valence-electron chi connectivity index (χ2n) is 6.97. The van der Waals surface area contributed by atoms with E-state index in [0.717, 1.165) is 30.9 Å². The van der Waals surface area contributed by atoms with Crippen LogP contribution in [0.25, 0.3) is 0 Å². The zero-order valence-corrected chi connectivity index (χ0v) is 15.5. The van der Waals surface area contributed by atoms with E-state index in [4.69, 9.17) is 9.47 Å². The van der Waals surface area contributed by atoms with E-state index in [-0.39, 0.29) is 17.9 Å². The number of nitrogens with zero attached hydrogens (tertiary/aromatic N) is 1. The first-order chi connectivity index (χ1) is 11.4. The van der Waals surface area contributed by atoms with Crippen molar-refractivity contribution in [3.63, 3.8) is 0 Å². The van der Waals surface area contributed by atoms with Gasteiger partial charge in [0, 0.05) is 31.2 Å². The highest BCUT2D eigenvalue weighted by atomic mass is 16.5. The summed E-state index contributed by atoms with van der Waals surface area (Å²) in [6.07, 6.45) is 0.460. The van der Waals surface area contributed by atoms with E-state index in [1.165, 1.54) is 12.7 Å². The van der Waals surface area contributed by atoms with Gasteiger partial charge in [-0.3, -0.25) is 4.79 Å². The van der Waals surface area contributed by atoms with Crippen LogP contribution < -0.4 is 10.1 Å². The van der Waals surface area contributed by atoms with E-state index in [1.807, 2.05) is 6.07 Å². The fourth-order valence-electron chi connectivity index (χ4n) is 3.36. The molecule has 5 nitrogen and oxygen atoms in total. The highest BCUT2D eigenvalue weighted by Crippen LogP contribution is 2.25. The Balaban J connectivity index is 2.05. The van der Waals surface area contributed by atoms with Crippen molar-refractivity contribution in [3.05, 3.63) is 29.3 Å². The Labute approximate surface area is 145 Å². The van der Waals surface area contributed by atoms with Crippen LogP contribution in [0.4, 0.5) is 0 Å². The van der Waals surface area contributed by atoms with Crippen LogP contribution >= 0.6 is 0 Å². The summed E-state index contributed by atoms with van der Waals surface area (Å²) in [4.78, 5) is 13.9. The predicted octanol–water partition coefficient (Wildman–Crippen LogP) is 2.40. The molecule has 0 amide bonds. The summed E-state index contributed by atoms with van der Waals surface area (Å²) in [6.45, 7) is 6.97. The van der Waals surface area contributed by atoms with E-state index < -0.39 is 0 Å². The van der Waals surface area contributed by atoms with Crippen molar-refractivity contribution in [2.24, 2.45) is 5.92 Å². The number of ether oxygens (including phenoxy) is 2. The molecule has 1 aliphatic rings. The molecule has 1 heterocycles. The van der Waals surface area contributed by atoms with E-state index in [9.17, 15) is 4.79 Å². The molecular formula is C19H30N2O3. The van der Waals surface area contributed by atoms with Gasteiger partial charge in [0.05, 0.1) is 20.6 Å². The van der Waals surface area contributed by atoms with Crippen molar-refractivity contribution < 1.29 is 14.3 Å². The Morgan fingerprint density at radius 2 is 2.08 bits per heavy atom. The summed E-state index contributed by atoms with van der Waals surface area (Å²) in [6, 6.07) is 6.65. The van der Waals surface area contributed by atoms with Gasteiger partial charge in [0.25, 0.3) is 0 Å². The van der Waals surface area contributed by atoms with Gasteiger partial charge in [-0.1, -0.05) is 26.0 Å². The first-order valence-electron chi connectivity index (χ1n) is 8.60.